The molecule has 0 spiro atoms. The van der Waals surface area contributed by atoms with Gasteiger partial charge in [0.05, 0.1) is 25.4 Å². The highest BCUT2D eigenvalue weighted by molar-refractivity contribution is 5.91. The van der Waals surface area contributed by atoms with Crippen molar-refractivity contribution in [1.29, 1.82) is 0 Å². The minimum absolute atomic E-state index is 0.0916. The van der Waals surface area contributed by atoms with Gasteiger partial charge in [-0.25, -0.2) is 0 Å². The average Bonchev–Trinajstić information content (AvgIpc) is 2.88. The van der Waals surface area contributed by atoms with Crippen LogP contribution in [0.5, 0.6) is 0 Å². The van der Waals surface area contributed by atoms with Gasteiger partial charge >= 0.3 is 5.97 Å². The van der Waals surface area contributed by atoms with Gasteiger partial charge in [-0.05, 0) is 18.2 Å². The van der Waals surface area contributed by atoms with E-state index < -0.39 is 12.1 Å². The SMILES string of the molecule is O=C(O)C[C@H]1CN(C(=O)/C=C\c2ccco2)CCO1. The highest BCUT2D eigenvalue weighted by Gasteiger charge is 2.24. The fourth-order valence-corrected chi connectivity index (χ4v) is 1.88. The lowest BCUT2D eigenvalue weighted by Crippen LogP contribution is -2.45. The van der Waals surface area contributed by atoms with Crippen LogP contribution in [0.3, 0.4) is 0 Å². The van der Waals surface area contributed by atoms with Gasteiger partial charge in [-0.15, -0.1) is 0 Å². The molecule has 1 N–H and O–H groups in total. The Hall–Kier alpha value is -2.08. The minimum atomic E-state index is -0.926. The molecule has 19 heavy (non-hydrogen) atoms. The van der Waals surface area contributed by atoms with Crippen molar-refractivity contribution in [1.82, 2.24) is 4.90 Å². The number of morpholine rings is 1. The number of carbonyl (C=O) groups excluding carboxylic acids is 1. The summed E-state index contributed by atoms with van der Waals surface area (Å²) in [5.41, 5.74) is 0. The van der Waals surface area contributed by atoms with E-state index in [0.29, 0.717) is 25.5 Å². The van der Waals surface area contributed by atoms with Crippen LogP contribution in [0.1, 0.15) is 12.2 Å². The Balaban J connectivity index is 1.90. The van der Waals surface area contributed by atoms with Crippen LogP contribution >= 0.6 is 0 Å². The van der Waals surface area contributed by atoms with Crippen LogP contribution in [0, 0.1) is 0 Å². The van der Waals surface area contributed by atoms with E-state index in [1.165, 1.54) is 12.3 Å². The number of ether oxygens (including phenoxy) is 1. The van der Waals surface area contributed by atoms with Crippen molar-refractivity contribution >= 4 is 18.0 Å². The molecule has 1 aliphatic rings. The van der Waals surface area contributed by atoms with Crippen molar-refractivity contribution in [2.45, 2.75) is 12.5 Å². The lowest BCUT2D eigenvalue weighted by molar-refractivity contribution is -0.145. The second-order valence-electron chi connectivity index (χ2n) is 4.22. The molecule has 6 heteroatoms. The molecule has 1 aromatic heterocycles. The molecule has 6 nitrogen and oxygen atoms in total. The van der Waals surface area contributed by atoms with Gasteiger partial charge in [0.1, 0.15) is 5.76 Å². The number of hydrogen-bond donors (Lipinski definition) is 1. The second kappa shape index (κ2) is 6.19. The van der Waals surface area contributed by atoms with E-state index in [0.717, 1.165) is 0 Å². The number of rotatable bonds is 4. The molecule has 1 saturated heterocycles. The summed E-state index contributed by atoms with van der Waals surface area (Å²) >= 11 is 0. The van der Waals surface area contributed by atoms with Gasteiger partial charge in [-0.2, -0.15) is 0 Å². The first-order chi connectivity index (χ1) is 9.15. The van der Waals surface area contributed by atoms with Gasteiger partial charge in [0, 0.05) is 19.2 Å². The smallest absolute Gasteiger partial charge is 0.306 e. The molecule has 102 valence electrons. The summed E-state index contributed by atoms with van der Waals surface area (Å²) in [5, 5.41) is 8.71. The molecule has 1 amide bonds. The fourth-order valence-electron chi connectivity index (χ4n) is 1.88. The summed E-state index contributed by atoms with van der Waals surface area (Å²) in [4.78, 5) is 24.1. The topological polar surface area (TPSA) is 80.0 Å². The highest BCUT2D eigenvalue weighted by Crippen LogP contribution is 2.10. The van der Waals surface area contributed by atoms with E-state index in [-0.39, 0.29) is 12.3 Å². The number of hydrogen-bond acceptors (Lipinski definition) is 4. The quantitative estimate of drug-likeness (QED) is 0.821. The number of aliphatic carboxylic acids is 1. The molecular formula is C13H15NO5. The van der Waals surface area contributed by atoms with Gasteiger partial charge in [0.2, 0.25) is 5.91 Å². The Labute approximate surface area is 110 Å². The van der Waals surface area contributed by atoms with Gasteiger partial charge in [0.25, 0.3) is 0 Å². The van der Waals surface area contributed by atoms with Crippen molar-refractivity contribution in [3.8, 4) is 0 Å². The normalized spacial score (nSPS) is 19.8. The second-order valence-corrected chi connectivity index (χ2v) is 4.22. The molecular weight excluding hydrogens is 250 g/mol. The van der Waals surface area contributed by atoms with E-state index in [2.05, 4.69) is 0 Å². The molecule has 1 atom stereocenters. The first-order valence-corrected chi connectivity index (χ1v) is 5.99. The Morgan fingerprint density at radius 2 is 2.37 bits per heavy atom. The van der Waals surface area contributed by atoms with Gasteiger partial charge in [-0.3, -0.25) is 9.59 Å². The number of furan rings is 1. The Morgan fingerprint density at radius 3 is 3.05 bits per heavy atom. The number of carboxylic acids is 1. The molecule has 1 aliphatic heterocycles. The standard InChI is InChI=1S/C13H15NO5/c15-12(4-3-10-2-1-6-18-10)14-5-7-19-11(9-14)8-13(16)17/h1-4,6,11H,5,7-9H2,(H,16,17)/b4-3-/t11-/m0/s1. The molecule has 2 heterocycles. The van der Waals surface area contributed by atoms with E-state index in [9.17, 15) is 9.59 Å². The number of carbonyl (C=O) groups is 2. The average molecular weight is 265 g/mol. The highest BCUT2D eigenvalue weighted by atomic mass is 16.5. The Bertz CT molecular complexity index is 465. The summed E-state index contributed by atoms with van der Waals surface area (Å²) in [6.07, 6.45) is 4.01. The molecule has 1 aromatic rings. The van der Waals surface area contributed by atoms with Gasteiger partial charge in [-0.1, -0.05) is 0 Å². The molecule has 0 saturated carbocycles. The molecule has 0 bridgehead atoms. The third-order valence-electron chi connectivity index (χ3n) is 2.79. The number of carboxylic acid groups (broad SMARTS) is 1. The van der Waals surface area contributed by atoms with Crippen LogP contribution < -0.4 is 0 Å². The van der Waals surface area contributed by atoms with Crippen LogP contribution in [-0.4, -0.2) is 47.7 Å². The molecule has 1 fully saturated rings. The Kier molecular flexibility index (Phi) is 4.35. The zero-order chi connectivity index (χ0) is 13.7. The molecule has 0 aromatic carbocycles. The van der Waals surface area contributed by atoms with E-state index in [1.54, 1.807) is 23.1 Å². The maximum absolute atomic E-state index is 11.9. The van der Waals surface area contributed by atoms with Crippen molar-refractivity contribution in [3.05, 3.63) is 30.2 Å². The number of nitrogens with zero attached hydrogens (tertiary/aromatic N) is 1. The molecule has 0 unspecified atom stereocenters. The van der Waals surface area contributed by atoms with Gasteiger partial charge in [0.15, 0.2) is 0 Å². The third-order valence-corrected chi connectivity index (χ3v) is 2.79. The first kappa shape index (κ1) is 13.4. The van der Waals surface area contributed by atoms with Crippen molar-refractivity contribution in [2.75, 3.05) is 19.7 Å². The molecule has 2 rings (SSSR count). The van der Waals surface area contributed by atoms with Crippen LogP contribution in [0.2, 0.25) is 0 Å². The van der Waals surface area contributed by atoms with E-state index in [4.69, 9.17) is 14.3 Å². The van der Waals surface area contributed by atoms with Crippen molar-refractivity contribution in [2.24, 2.45) is 0 Å². The van der Waals surface area contributed by atoms with E-state index >= 15 is 0 Å². The van der Waals surface area contributed by atoms with Crippen LogP contribution in [0.25, 0.3) is 6.08 Å². The predicted octanol–water partition coefficient (Wildman–Crippen LogP) is 0.995. The summed E-state index contributed by atoms with van der Waals surface area (Å²) < 4.78 is 10.4. The Morgan fingerprint density at radius 1 is 1.53 bits per heavy atom. The number of amides is 1. The van der Waals surface area contributed by atoms with Crippen LogP contribution in [0.15, 0.2) is 28.9 Å². The maximum atomic E-state index is 11.9. The third kappa shape index (κ3) is 3.96. The van der Waals surface area contributed by atoms with Crippen LogP contribution in [-0.2, 0) is 14.3 Å². The summed E-state index contributed by atoms with van der Waals surface area (Å²) in [6.45, 7) is 1.13. The van der Waals surface area contributed by atoms with Crippen molar-refractivity contribution in [3.63, 3.8) is 0 Å². The summed E-state index contributed by atoms with van der Waals surface area (Å²) in [5.74, 6) is -0.496. The molecule has 0 radical (unpaired) electrons. The maximum Gasteiger partial charge on any atom is 0.306 e. The predicted molar refractivity (Wildman–Crippen MR) is 66.3 cm³/mol. The largest absolute Gasteiger partial charge is 0.481 e. The fraction of sp³-hybridized carbons (Fsp3) is 0.385. The zero-order valence-electron chi connectivity index (χ0n) is 10.3. The summed E-state index contributed by atoms with van der Waals surface area (Å²) in [7, 11) is 0. The van der Waals surface area contributed by atoms with Gasteiger partial charge < -0.3 is 19.2 Å². The minimum Gasteiger partial charge on any atom is -0.481 e. The summed E-state index contributed by atoms with van der Waals surface area (Å²) in [6, 6.07) is 3.48. The first-order valence-electron chi connectivity index (χ1n) is 5.99. The van der Waals surface area contributed by atoms with E-state index in [1.807, 2.05) is 0 Å². The lowest BCUT2D eigenvalue weighted by atomic mass is 10.2. The monoisotopic (exact) mass is 265 g/mol. The molecule has 0 aliphatic carbocycles. The van der Waals surface area contributed by atoms with Crippen LogP contribution in [0.4, 0.5) is 0 Å². The zero-order valence-corrected chi connectivity index (χ0v) is 10.3. The van der Waals surface area contributed by atoms with Crippen molar-refractivity contribution < 1.29 is 23.8 Å². The lowest BCUT2D eigenvalue weighted by Gasteiger charge is -2.31.